The number of nitrogens with zero attached hydrogens (tertiary/aromatic N) is 2. The van der Waals surface area contributed by atoms with Gasteiger partial charge in [0.25, 0.3) is 0 Å². The van der Waals surface area contributed by atoms with Crippen molar-refractivity contribution in [3.05, 3.63) is 46.9 Å². The highest BCUT2D eigenvalue weighted by atomic mass is 16.5. The standard InChI is InChI=1S/C20H24N2O6/c1-5-27-19(25)15(13(3)23)11-21-17-9-7-8-10-18(17)22-12-16(14(4)24)20(26)28-6-2/h7-12,23-24H,5-6H2,1-4H3/b15-13-,16-14-,21-11?,22-12?. The summed E-state index contributed by atoms with van der Waals surface area (Å²) in [6, 6.07) is 6.70. The summed E-state index contributed by atoms with van der Waals surface area (Å²) in [5.74, 6) is -1.86. The first kappa shape index (κ1) is 22.6. The van der Waals surface area contributed by atoms with Gasteiger partial charge in [-0.15, -0.1) is 0 Å². The zero-order chi connectivity index (χ0) is 21.1. The smallest absolute Gasteiger partial charge is 0.343 e. The van der Waals surface area contributed by atoms with Crippen LogP contribution in [-0.2, 0) is 19.1 Å². The molecule has 1 rings (SSSR count). The molecule has 2 N–H and O–H groups in total. The number of carbonyl (C=O) groups excluding carboxylic acids is 2. The zero-order valence-corrected chi connectivity index (χ0v) is 16.3. The van der Waals surface area contributed by atoms with Crippen molar-refractivity contribution in [2.75, 3.05) is 13.2 Å². The number of hydrogen-bond donors (Lipinski definition) is 2. The van der Waals surface area contributed by atoms with E-state index in [1.54, 1.807) is 38.1 Å². The van der Waals surface area contributed by atoms with Crippen molar-refractivity contribution in [3.8, 4) is 0 Å². The minimum atomic E-state index is -0.698. The van der Waals surface area contributed by atoms with Crippen LogP contribution < -0.4 is 0 Å². The molecular weight excluding hydrogens is 364 g/mol. The van der Waals surface area contributed by atoms with Gasteiger partial charge in [-0.1, -0.05) is 12.1 Å². The monoisotopic (exact) mass is 388 g/mol. The fourth-order valence-corrected chi connectivity index (χ4v) is 1.96. The maximum atomic E-state index is 11.9. The first-order chi connectivity index (χ1) is 13.3. The van der Waals surface area contributed by atoms with Crippen LogP contribution in [0.2, 0.25) is 0 Å². The Morgan fingerprint density at radius 2 is 1.21 bits per heavy atom. The maximum Gasteiger partial charge on any atom is 0.343 e. The third-order valence-corrected chi connectivity index (χ3v) is 3.32. The summed E-state index contributed by atoms with van der Waals surface area (Å²) in [5.41, 5.74) is 0.582. The molecular formula is C20H24N2O6. The molecule has 28 heavy (non-hydrogen) atoms. The van der Waals surface area contributed by atoms with Crippen molar-refractivity contribution in [1.82, 2.24) is 0 Å². The molecule has 1 aromatic rings. The van der Waals surface area contributed by atoms with Gasteiger partial charge in [-0.2, -0.15) is 0 Å². The lowest BCUT2D eigenvalue weighted by molar-refractivity contribution is -0.139. The molecule has 0 aliphatic carbocycles. The Kier molecular flexibility index (Phi) is 9.15. The molecule has 0 atom stereocenters. The van der Waals surface area contributed by atoms with Gasteiger partial charge in [0, 0.05) is 12.4 Å². The third kappa shape index (κ3) is 6.71. The molecule has 150 valence electrons. The number of aliphatic hydroxyl groups excluding tert-OH is 2. The lowest BCUT2D eigenvalue weighted by atomic mass is 10.2. The van der Waals surface area contributed by atoms with Crippen molar-refractivity contribution in [3.63, 3.8) is 0 Å². The molecule has 0 saturated carbocycles. The van der Waals surface area contributed by atoms with Crippen LogP contribution in [0.5, 0.6) is 0 Å². The number of ether oxygens (including phenoxy) is 2. The quantitative estimate of drug-likeness (QED) is 0.302. The molecule has 8 nitrogen and oxygen atoms in total. The van der Waals surface area contributed by atoms with E-state index in [1.807, 2.05) is 0 Å². The lowest BCUT2D eigenvalue weighted by Crippen LogP contribution is -2.10. The van der Waals surface area contributed by atoms with Gasteiger partial charge in [-0.05, 0) is 39.8 Å². The summed E-state index contributed by atoms with van der Waals surface area (Å²) < 4.78 is 9.75. The molecule has 1 aromatic carbocycles. The molecule has 0 heterocycles. The van der Waals surface area contributed by atoms with E-state index in [-0.39, 0.29) is 35.9 Å². The van der Waals surface area contributed by atoms with Crippen LogP contribution in [0, 0.1) is 0 Å². The van der Waals surface area contributed by atoms with Crippen LogP contribution in [0.4, 0.5) is 11.4 Å². The van der Waals surface area contributed by atoms with Crippen LogP contribution in [-0.4, -0.2) is 47.8 Å². The summed E-state index contributed by atoms with van der Waals surface area (Å²) >= 11 is 0. The van der Waals surface area contributed by atoms with Gasteiger partial charge in [0.2, 0.25) is 0 Å². The summed E-state index contributed by atoms with van der Waals surface area (Å²) in [4.78, 5) is 32.1. The van der Waals surface area contributed by atoms with Crippen LogP contribution in [0.1, 0.15) is 27.7 Å². The van der Waals surface area contributed by atoms with Crippen molar-refractivity contribution in [2.45, 2.75) is 27.7 Å². The number of carbonyl (C=O) groups is 2. The molecule has 0 spiro atoms. The van der Waals surface area contributed by atoms with Crippen molar-refractivity contribution >= 4 is 35.7 Å². The number of rotatable bonds is 8. The summed E-state index contributed by atoms with van der Waals surface area (Å²) in [6.45, 7) is 6.33. The SMILES string of the molecule is CCOC(=O)/C(C=Nc1ccccc1N=C/C(C(=O)OCC)=C(\C)O)=C(/C)O. The number of benzene rings is 1. The molecule has 0 aromatic heterocycles. The van der Waals surface area contributed by atoms with Gasteiger partial charge in [-0.25, -0.2) is 9.59 Å². The molecule has 0 unspecified atom stereocenters. The first-order valence-corrected chi connectivity index (χ1v) is 8.62. The second kappa shape index (κ2) is 11.3. The fraction of sp³-hybridized carbons (Fsp3) is 0.300. The predicted octanol–water partition coefficient (Wildman–Crippen LogP) is 3.88. The van der Waals surface area contributed by atoms with Gasteiger partial charge in [0.15, 0.2) is 0 Å². The largest absolute Gasteiger partial charge is 0.512 e. The average molecular weight is 388 g/mol. The maximum absolute atomic E-state index is 11.9. The molecule has 0 radical (unpaired) electrons. The third-order valence-electron chi connectivity index (χ3n) is 3.32. The number of esters is 2. The molecule has 0 aliphatic rings. The Morgan fingerprint density at radius 1 is 0.857 bits per heavy atom. The van der Waals surface area contributed by atoms with E-state index in [0.717, 1.165) is 0 Å². The molecule has 0 fully saturated rings. The van der Waals surface area contributed by atoms with Gasteiger partial charge >= 0.3 is 11.9 Å². The predicted molar refractivity (Wildman–Crippen MR) is 107 cm³/mol. The average Bonchev–Trinajstić information content (AvgIpc) is 2.63. The Hall–Kier alpha value is -3.42. The highest BCUT2D eigenvalue weighted by Crippen LogP contribution is 2.27. The summed E-state index contributed by atoms with van der Waals surface area (Å²) in [5, 5.41) is 19.4. The summed E-state index contributed by atoms with van der Waals surface area (Å²) in [6.07, 6.45) is 2.36. The Bertz CT molecular complexity index is 760. The Balaban J connectivity index is 3.21. The number of allylic oxidation sites excluding steroid dienone is 2. The zero-order valence-electron chi connectivity index (χ0n) is 16.3. The molecule has 0 bridgehead atoms. The fourth-order valence-electron chi connectivity index (χ4n) is 1.96. The van der Waals surface area contributed by atoms with E-state index in [0.29, 0.717) is 11.4 Å². The molecule has 0 saturated heterocycles. The Labute approximate surface area is 163 Å². The highest BCUT2D eigenvalue weighted by molar-refractivity contribution is 6.11. The van der Waals surface area contributed by atoms with Crippen LogP contribution in [0.3, 0.4) is 0 Å². The second-order valence-electron chi connectivity index (χ2n) is 5.44. The van der Waals surface area contributed by atoms with Gasteiger partial charge in [0.05, 0.1) is 24.6 Å². The summed E-state index contributed by atoms with van der Waals surface area (Å²) in [7, 11) is 0. The van der Waals surface area contributed by atoms with Crippen LogP contribution in [0.25, 0.3) is 0 Å². The van der Waals surface area contributed by atoms with Gasteiger partial charge in [-0.3, -0.25) is 9.98 Å². The van der Waals surface area contributed by atoms with E-state index >= 15 is 0 Å². The molecule has 0 amide bonds. The number of aliphatic imine (C=N–C) groups is 2. The lowest BCUT2D eigenvalue weighted by Gasteiger charge is -2.05. The normalized spacial score (nSPS) is 13.3. The number of aliphatic hydroxyl groups is 2. The van der Waals surface area contributed by atoms with E-state index in [9.17, 15) is 19.8 Å². The molecule has 0 aliphatic heterocycles. The number of para-hydroxylation sites is 2. The van der Waals surface area contributed by atoms with Gasteiger partial charge < -0.3 is 19.7 Å². The Morgan fingerprint density at radius 3 is 1.50 bits per heavy atom. The van der Waals surface area contributed by atoms with Crippen molar-refractivity contribution in [2.24, 2.45) is 9.98 Å². The highest BCUT2D eigenvalue weighted by Gasteiger charge is 2.13. The van der Waals surface area contributed by atoms with E-state index in [1.165, 1.54) is 26.3 Å². The molecule has 8 heteroatoms. The van der Waals surface area contributed by atoms with Gasteiger partial charge in [0.1, 0.15) is 22.7 Å². The van der Waals surface area contributed by atoms with E-state index in [2.05, 4.69) is 9.98 Å². The van der Waals surface area contributed by atoms with Crippen molar-refractivity contribution < 1.29 is 29.3 Å². The minimum Gasteiger partial charge on any atom is -0.512 e. The van der Waals surface area contributed by atoms with Crippen LogP contribution >= 0.6 is 0 Å². The minimum absolute atomic E-state index is 0.0843. The van der Waals surface area contributed by atoms with E-state index in [4.69, 9.17) is 9.47 Å². The number of hydrogen-bond acceptors (Lipinski definition) is 8. The van der Waals surface area contributed by atoms with Crippen molar-refractivity contribution in [1.29, 1.82) is 0 Å². The van der Waals surface area contributed by atoms with E-state index < -0.39 is 11.9 Å². The first-order valence-electron chi connectivity index (χ1n) is 8.62. The topological polar surface area (TPSA) is 118 Å². The second-order valence-corrected chi connectivity index (χ2v) is 5.44. The van der Waals surface area contributed by atoms with Crippen LogP contribution in [0.15, 0.2) is 56.9 Å².